The van der Waals surface area contributed by atoms with Gasteiger partial charge in [-0.2, -0.15) is 0 Å². The van der Waals surface area contributed by atoms with Gasteiger partial charge in [0, 0.05) is 18.2 Å². The highest BCUT2D eigenvalue weighted by Gasteiger charge is 2.14. The molecule has 0 fully saturated rings. The van der Waals surface area contributed by atoms with Crippen LogP contribution in [0.5, 0.6) is 23.0 Å². The molecule has 0 aliphatic carbocycles. The highest BCUT2D eigenvalue weighted by molar-refractivity contribution is 5.47. The van der Waals surface area contributed by atoms with E-state index in [2.05, 4.69) is 0 Å². The minimum atomic E-state index is 0.255. The zero-order valence-electron chi connectivity index (χ0n) is 11.8. The Bertz CT molecular complexity index is 642. The Kier molecular flexibility index (Phi) is 3.83. The number of nitrogens with two attached hydrogens (primary N) is 1. The molecular formula is C16H17NO4. The molecular weight excluding hydrogens is 270 g/mol. The Morgan fingerprint density at radius 3 is 2.76 bits per heavy atom. The molecule has 0 saturated heterocycles. The first-order valence-corrected chi connectivity index (χ1v) is 6.68. The van der Waals surface area contributed by atoms with Gasteiger partial charge >= 0.3 is 0 Å². The van der Waals surface area contributed by atoms with E-state index in [4.69, 9.17) is 24.7 Å². The highest BCUT2D eigenvalue weighted by Crippen LogP contribution is 2.35. The SMILES string of the molecule is COc1ccc(CN)cc1COc1ccc2c(c1)OCO2. The Morgan fingerprint density at radius 2 is 1.95 bits per heavy atom. The number of fused-ring (bicyclic) bond motifs is 1. The van der Waals surface area contributed by atoms with Crippen LogP contribution < -0.4 is 24.7 Å². The van der Waals surface area contributed by atoms with E-state index in [1.165, 1.54) is 0 Å². The fourth-order valence-electron chi connectivity index (χ4n) is 2.20. The molecule has 0 atom stereocenters. The van der Waals surface area contributed by atoms with Crippen LogP contribution in [0, 0.1) is 0 Å². The smallest absolute Gasteiger partial charge is 0.231 e. The number of hydrogen-bond donors (Lipinski definition) is 1. The molecule has 2 N–H and O–H groups in total. The van der Waals surface area contributed by atoms with Crippen LogP contribution in [0.25, 0.3) is 0 Å². The summed E-state index contributed by atoms with van der Waals surface area (Å²) < 4.78 is 21.7. The first-order chi connectivity index (χ1) is 10.3. The van der Waals surface area contributed by atoms with Crippen LogP contribution in [0.4, 0.5) is 0 Å². The highest BCUT2D eigenvalue weighted by atomic mass is 16.7. The molecule has 0 aromatic heterocycles. The third-order valence-corrected chi connectivity index (χ3v) is 3.32. The van der Waals surface area contributed by atoms with Crippen LogP contribution in [0.15, 0.2) is 36.4 Å². The van der Waals surface area contributed by atoms with Gasteiger partial charge in [-0.1, -0.05) is 6.07 Å². The summed E-state index contributed by atoms with van der Waals surface area (Å²) in [6, 6.07) is 11.4. The van der Waals surface area contributed by atoms with Crippen molar-refractivity contribution in [3.63, 3.8) is 0 Å². The number of hydrogen-bond acceptors (Lipinski definition) is 5. The van der Waals surface area contributed by atoms with Crippen molar-refractivity contribution in [1.82, 2.24) is 0 Å². The predicted molar refractivity (Wildman–Crippen MR) is 77.8 cm³/mol. The number of ether oxygens (including phenoxy) is 4. The second kappa shape index (κ2) is 5.93. The first-order valence-electron chi connectivity index (χ1n) is 6.68. The van der Waals surface area contributed by atoms with Crippen LogP contribution in [0.3, 0.4) is 0 Å². The van der Waals surface area contributed by atoms with Gasteiger partial charge in [-0.05, 0) is 29.8 Å². The Balaban J connectivity index is 1.75. The molecule has 1 aliphatic heterocycles. The van der Waals surface area contributed by atoms with Crippen LogP contribution >= 0.6 is 0 Å². The Morgan fingerprint density at radius 1 is 1.10 bits per heavy atom. The lowest BCUT2D eigenvalue weighted by atomic mass is 10.1. The molecule has 1 heterocycles. The summed E-state index contributed by atoms with van der Waals surface area (Å²) in [6.07, 6.45) is 0. The van der Waals surface area contributed by atoms with Crippen molar-refractivity contribution in [2.24, 2.45) is 5.73 Å². The zero-order chi connectivity index (χ0) is 14.7. The average molecular weight is 287 g/mol. The summed E-state index contributed by atoms with van der Waals surface area (Å²) in [4.78, 5) is 0. The maximum absolute atomic E-state index is 5.80. The molecule has 0 spiro atoms. The van der Waals surface area contributed by atoms with Crippen molar-refractivity contribution >= 4 is 0 Å². The summed E-state index contributed by atoms with van der Waals surface area (Å²) in [6.45, 7) is 1.14. The van der Waals surface area contributed by atoms with Gasteiger partial charge in [0.1, 0.15) is 18.1 Å². The molecule has 0 saturated carbocycles. The van der Waals surface area contributed by atoms with Gasteiger partial charge in [0.05, 0.1) is 7.11 Å². The summed E-state index contributed by atoms with van der Waals surface area (Å²) in [5, 5.41) is 0. The maximum Gasteiger partial charge on any atom is 0.231 e. The van der Waals surface area contributed by atoms with Crippen LogP contribution in [-0.2, 0) is 13.2 Å². The topological polar surface area (TPSA) is 62.9 Å². The molecule has 0 unspecified atom stereocenters. The van der Waals surface area contributed by atoms with Crippen molar-refractivity contribution in [3.8, 4) is 23.0 Å². The van der Waals surface area contributed by atoms with E-state index in [1.807, 2.05) is 36.4 Å². The zero-order valence-corrected chi connectivity index (χ0v) is 11.8. The minimum absolute atomic E-state index is 0.255. The lowest BCUT2D eigenvalue weighted by Crippen LogP contribution is -2.02. The van der Waals surface area contributed by atoms with Crippen LogP contribution in [0.1, 0.15) is 11.1 Å². The third kappa shape index (κ3) is 2.87. The fraction of sp³-hybridized carbons (Fsp3) is 0.250. The maximum atomic E-state index is 5.80. The second-order valence-electron chi connectivity index (χ2n) is 4.65. The molecule has 1 aliphatic rings. The van der Waals surface area contributed by atoms with Gasteiger partial charge in [-0.25, -0.2) is 0 Å². The van der Waals surface area contributed by atoms with Gasteiger partial charge in [-0.15, -0.1) is 0 Å². The van der Waals surface area contributed by atoms with Crippen LogP contribution in [-0.4, -0.2) is 13.9 Å². The molecule has 2 aromatic rings. The molecule has 5 nitrogen and oxygen atoms in total. The molecule has 110 valence electrons. The van der Waals surface area contributed by atoms with Crippen molar-refractivity contribution in [2.75, 3.05) is 13.9 Å². The second-order valence-corrected chi connectivity index (χ2v) is 4.65. The number of rotatable bonds is 5. The molecule has 5 heteroatoms. The van der Waals surface area contributed by atoms with E-state index < -0.39 is 0 Å². The quantitative estimate of drug-likeness (QED) is 0.915. The lowest BCUT2D eigenvalue weighted by Gasteiger charge is -2.12. The van der Waals surface area contributed by atoms with Crippen molar-refractivity contribution in [2.45, 2.75) is 13.2 Å². The number of benzene rings is 2. The minimum Gasteiger partial charge on any atom is -0.496 e. The molecule has 0 bridgehead atoms. The summed E-state index contributed by atoms with van der Waals surface area (Å²) in [5.41, 5.74) is 7.67. The van der Waals surface area contributed by atoms with Gasteiger partial charge in [0.15, 0.2) is 11.5 Å². The molecule has 2 aromatic carbocycles. The van der Waals surface area contributed by atoms with E-state index in [0.29, 0.717) is 18.9 Å². The molecule has 0 radical (unpaired) electrons. The van der Waals surface area contributed by atoms with E-state index >= 15 is 0 Å². The van der Waals surface area contributed by atoms with Gasteiger partial charge < -0.3 is 24.7 Å². The first kappa shape index (κ1) is 13.6. The fourth-order valence-corrected chi connectivity index (χ4v) is 2.20. The van der Waals surface area contributed by atoms with Crippen molar-refractivity contribution < 1.29 is 18.9 Å². The largest absolute Gasteiger partial charge is 0.496 e. The molecule has 21 heavy (non-hydrogen) atoms. The standard InChI is InChI=1S/C16H17NO4/c1-18-14-4-2-11(8-17)6-12(14)9-19-13-3-5-15-16(7-13)21-10-20-15/h2-7H,8-10,17H2,1H3. The van der Waals surface area contributed by atoms with Crippen molar-refractivity contribution in [1.29, 1.82) is 0 Å². The predicted octanol–water partition coefficient (Wildman–Crippen LogP) is 2.46. The Labute approximate surface area is 123 Å². The van der Waals surface area contributed by atoms with E-state index in [-0.39, 0.29) is 6.79 Å². The summed E-state index contributed by atoms with van der Waals surface area (Å²) in [5.74, 6) is 2.95. The molecule has 3 rings (SSSR count). The number of methoxy groups -OCH3 is 1. The Hall–Kier alpha value is -2.40. The lowest BCUT2D eigenvalue weighted by molar-refractivity contribution is 0.173. The van der Waals surface area contributed by atoms with E-state index in [0.717, 1.165) is 28.4 Å². The summed E-state index contributed by atoms with van der Waals surface area (Å²) in [7, 11) is 1.64. The van der Waals surface area contributed by atoms with E-state index in [1.54, 1.807) is 7.11 Å². The normalized spacial score (nSPS) is 12.3. The van der Waals surface area contributed by atoms with E-state index in [9.17, 15) is 0 Å². The summed E-state index contributed by atoms with van der Waals surface area (Å²) >= 11 is 0. The monoisotopic (exact) mass is 287 g/mol. The molecule has 0 amide bonds. The van der Waals surface area contributed by atoms with Gasteiger partial charge in [-0.3, -0.25) is 0 Å². The van der Waals surface area contributed by atoms with Crippen molar-refractivity contribution in [3.05, 3.63) is 47.5 Å². The van der Waals surface area contributed by atoms with Crippen LogP contribution in [0.2, 0.25) is 0 Å². The third-order valence-electron chi connectivity index (χ3n) is 3.32. The van der Waals surface area contributed by atoms with Gasteiger partial charge in [0.2, 0.25) is 6.79 Å². The van der Waals surface area contributed by atoms with Gasteiger partial charge in [0.25, 0.3) is 0 Å². The average Bonchev–Trinajstić information content (AvgIpc) is 3.00.